The highest BCUT2D eigenvalue weighted by molar-refractivity contribution is 4.65. The summed E-state index contributed by atoms with van der Waals surface area (Å²) in [4.78, 5) is 0. The standard InChI is InChI=1S/C5H10.C4H9/c1-2-4-5-3-1;1-4(2)3/h1-5H2;1-3H3. The molecule has 1 fully saturated rings. The summed E-state index contributed by atoms with van der Waals surface area (Å²) in [6, 6.07) is 0. The first kappa shape index (κ1) is 9.00. The van der Waals surface area contributed by atoms with Gasteiger partial charge in [-0.05, 0) is 5.92 Å². The normalized spacial score (nSPS) is 17.3. The Balaban J connectivity index is 0.000000148. The highest BCUT2D eigenvalue weighted by Gasteiger charge is 1.95. The predicted molar refractivity (Wildman–Crippen MR) is 43.4 cm³/mol. The average molecular weight is 127 g/mol. The summed E-state index contributed by atoms with van der Waals surface area (Å²) in [6.45, 7) is 6.25. The SMILES string of the molecule is C1CCCC1.C[C](C)C. The van der Waals surface area contributed by atoms with Gasteiger partial charge in [-0.2, -0.15) is 0 Å². The molecule has 0 amide bonds. The van der Waals surface area contributed by atoms with Crippen molar-refractivity contribution >= 4 is 0 Å². The van der Waals surface area contributed by atoms with Crippen molar-refractivity contribution < 1.29 is 0 Å². The number of hydrogen-bond acceptors (Lipinski definition) is 0. The molecule has 9 heavy (non-hydrogen) atoms. The lowest BCUT2D eigenvalue weighted by atomic mass is 10.3. The maximum absolute atomic E-state index is 2.08. The maximum atomic E-state index is 2.08. The second kappa shape index (κ2) is 6.12. The lowest BCUT2D eigenvalue weighted by Gasteiger charge is -1.78. The van der Waals surface area contributed by atoms with E-state index in [2.05, 4.69) is 20.8 Å². The Morgan fingerprint density at radius 2 is 0.778 bits per heavy atom. The first-order chi connectivity index (χ1) is 4.23. The van der Waals surface area contributed by atoms with E-state index in [9.17, 15) is 0 Å². The Labute approximate surface area is 59.7 Å². The van der Waals surface area contributed by atoms with Crippen molar-refractivity contribution in [3.05, 3.63) is 5.92 Å². The van der Waals surface area contributed by atoms with Crippen LogP contribution in [-0.4, -0.2) is 0 Å². The third-order valence-corrected chi connectivity index (χ3v) is 1.25. The van der Waals surface area contributed by atoms with E-state index >= 15 is 0 Å². The second-order valence-electron chi connectivity index (χ2n) is 3.27. The summed E-state index contributed by atoms with van der Waals surface area (Å²) in [6.07, 6.45) is 7.50. The molecule has 0 spiro atoms. The van der Waals surface area contributed by atoms with Crippen LogP contribution in [0.2, 0.25) is 0 Å². The van der Waals surface area contributed by atoms with Crippen LogP contribution in [0.3, 0.4) is 0 Å². The van der Waals surface area contributed by atoms with Crippen LogP contribution < -0.4 is 0 Å². The topological polar surface area (TPSA) is 0 Å². The van der Waals surface area contributed by atoms with Crippen LogP contribution in [0, 0.1) is 5.92 Å². The van der Waals surface area contributed by atoms with Crippen LogP contribution in [0.15, 0.2) is 0 Å². The molecule has 0 N–H and O–H groups in total. The maximum Gasteiger partial charge on any atom is -0.0334 e. The summed E-state index contributed by atoms with van der Waals surface area (Å²) in [5, 5.41) is 0. The largest absolute Gasteiger partial charge is 0.0597 e. The van der Waals surface area contributed by atoms with Crippen LogP contribution in [0.25, 0.3) is 0 Å². The summed E-state index contributed by atoms with van der Waals surface area (Å²) < 4.78 is 0. The van der Waals surface area contributed by atoms with E-state index in [1.54, 1.807) is 0 Å². The average Bonchev–Trinajstić information content (AvgIpc) is 2.11. The molecule has 0 unspecified atom stereocenters. The van der Waals surface area contributed by atoms with Gasteiger partial charge in [-0.1, -0.05) is 52.9 Å². The fourth-order valence-electron chi connectivity index (χ4n) is 0.884. The summed E-state index contributed by atoms with van der Waals surface area (Å²) >= 11 is 0. The molecule has 0 aromatic heterocycles. The third kappa shape index (κ3) is 11.5. The lowest BCUT2D eigenvalue weighted by molar-refractivity contribution is 0.886. The Kier molecular flexibility index (Phi) is 6.12. The quantitative estimate of drug-likeness (QED) is 0.466. The van der Waals surface area contributed by atoms with Crippen molar-refractivity contribution in [3.63, 3.8) is 0 Å². The van der Waals surface area contributed by atoms with Crippen molar-refractivity contribution in [1.29, 1.82) is 0 Å². The van der Waals surface area contributed by atoms with Crippen LogP contribution in [0.1, 0.15) is 52.9 Å². The van der Waals surface area contributed by atoms with Crippen molar-refractivity contribution in [2.24, 2.45) is 0 Å². The molecule has 1 aliphatic carbocycles. The third-order valence-electron chi connectivity index (χ3n) is 1.25. The molecule has 0 aromatic carbocycles. The molecule has 1 saturated carbocycles. The van der Waals surface area contributed by atoms with E-state index in [1.807, 2.05) is 0 Å². The molecule has 55 valence electrons. The van der Waals surface area contributed by atoms with E-state index in [4.69, 9.17) is 0 Å². The van der Waals surface area contributed by atoms with Gasteiger partial charge in [0.1, 0.15) is 0 Å². The Hall–Kier alpha value is 0. The summed E-state index contributed by atoms with van der Waals surface area (Å²) in [5.41, 5.74) is 0. The first-order valence-corrected chi connectivity index (χ1v) is 4.00. The fraction of sp³-hybridized carbons (Fsp3) is 0.889. The van der Waals surface area contributed by atoms with E-state index in [0.717, 1.165) is 0 Å². The van der Waals surface area contributed by atoms with Gasteiger partial charge in [0.05, 0.1) is 0 Å². The minimum absolute atomic E-state index is 1.42. The summed E-state index contributed by atoms with van der Waals surface area (Å²) in [5.74, 6) is 1.42. The Morgan fingerprint density at radius 1 is 0.667 bits per heavy atom. The summed E-state index contributed by atoms with van der Waals surface area (Å²) in [7, 11) is 0. The van der Waals surface area contributed by atoms with Crippen molar-refractivity contribution in [2.45, 2.75) is 52.9 Å². The molecule has 1 aliphatic rings. The molecule has 0 bridgehead atoms. The molecule has 0 atom stereocenters. The minimum atomic E-state index is 1.42. The van der Waals surface area contributed by atoms with Gasteiger partial charge >= 0.3 is 0 Å². The second-order valence-corrected chi connectivity index (χ2v) is 3.27. The zero-order chi connectivity index (χ0) is 7.11. The van der Waals surface area contributed by atoms with Gasteiger partial charge in [-0.25, -0.2) is 0 Å². The minimum Gasteiger partial charge on any atom is -0.0597 e. The molecule has 0 aromatic rings. The van der Waals surface area contributed by atoms with Crippen LogP contribution in [0.4, 0.5) is 0 Å². The molecule has 0 heteroatoms. The molecule has 1 rings (SSSR count). The van der Waals surface area contributed by atoms with Crippen molar-refractivity contribution in [1.82, 2.24) is 0 Å². The smallest absolute Gasteiger partial charge is 0.0334 e. The van der Waals surface area contributed by atoms with Gasteiger partial charge < -0.3 is 0 Å². The highest BCUT2D eigenvalue weighted by Crippen LogP contribution is 2.15. The van der Waals surface area contributed by atoms with E-state index in [-0.39, 0.29) is 0 Å². The van der Waals surface area contributed by atoms with Gasteiger partial charge in [0.25, 0.3) is 0 Å². The molecule has 1 radical (unpaired) electrons. The first-order valence-electron chi connectivity index (χ1n) is 4.00. The molecule has 0 heterocycles. The molecule has 0 saturated heterocycles. The van der Waals surface area contributed by atoms with Gasteiger partial charge in [-0.3, -0.25) is 0 Å². The van der Waals surface area contributed by atoms with Gasteiger partial charge in [0, 0.05) is 0 Å². The zero-order valence-electron chi connectivity index (χ0n) is 7.04. The zero-order valence-corrected chi connectivity index (χ0v) is 7.04. The molecule has 0 aliphatic heterocycles. The Morgan fingerprint density at radius 3 is 0.889 bits per heavy atom. The molecular formula is C9H19. The molecular weight excluding hydrogens is 108 g/mol. The van der Waals surface area contributed by atoms with Gasteiger partial charge in [0.2, 0.25) is 0 Å². The van der Waals surface area contributed by atoms with Crippen molar-refractivity contribution in [3.8, 4) is 0 Å². The van der Waals surface area contributed by atoms with Crippen LogP contribution in [0.5, 0.6) is 0 Å². The number of hydrogen-bond donors (Lipinski definition) is 0. The van der Waals surface area contributed by atoms with Crippen LogP contribution in [-0.2, 0) is 0 Å². The van der Waals surface area contributed by atoms with Crippen LogP contribution >= 0.6 is 0 Å². The van der Waals surface area contributed by atoms with E-state index in [1.165, 1.54) is 38.0 Å². The van der Waals surface area contributed by atoms with E-state index < -0.39 is 0 Å². The van der Waals surface area contributed by atoms with Gasteiger partial charge in [-0.15, -0.1) is 0 Å². The van der Waals surface area contributed by atoms with Crippen molar-refractivity contribution in [2.75, 3.05) is 0 Å². The predicted octanol–water partition coefficient (Wildman–Crippen LogP) is 3.57. The monoisotopic (exact) mass is 127 g/mol. The Bertz CT molecular complexity index is 31.6. The number of rotatable bonds is 0. The highest BCUT2D eigenvalue weighted by atomic mass is 14.0. The lowest BCUT2D eigenvalue weighted by Crippen LogP contribution is -1.62. The molecule has 0 nitrogen and oxygen atoms in total. The fourth-order valence-corrected chi connectivity index (χ4v) is 0.884. The van der Waals surface area contributed by atoms with Gasteiger partial charge in [0.15, 0.2) is 0 Å². The van der Waals surface area contributed by atoms with E-state index in [0.29, 0.717) is 0 Å².